The van der Waals surface area contributed by atoms with Gasteiger partial charge in [0.1, 0.15) is 0 Å². The molecule has 0 aliphatic carbocycles. The molecule has 0 aromatic carbocycles. The SMILES string of the molecule is C=Cc1c(NCC)ccn1C(C)(C)CC. The Morgan fingerprint density at radius 2 is 2.13 bits per heavy atom. The molecule has 0 atom stereocenters. The molecule has 0 saturated heterocycles. The van der Waals surface area contributed by atoms with E-state index in [0.717, 1.165) is 13.0 Å². The Balaban J connectivity index is 3.14. The molecule has 1 aromatic heterocycles. The van der Waals surface area contributed by atoms with Crippen molar-refractivity contribution in [2.45, 2.75) is 39.7 Å². The van der Waals surface area contributed by atoms with Crippen LogP contribution < -0.4 is 5.32 Å². The molecule has 1 rings (SSSR count). The molecule has 0 aliphatic rings. The normalized spacial score (nSPS) is 11.5. The molecule has 15 heavy (non-hydrogen) atoms. The zero-order valence-corrected chi connectivity index (χ0v) is 10.3. The Morgan fingerprint density at radius 3 is 2.60 bits per heavy atom. The van der Waals surface area contributed by atoms with Gasteiger partial charge in [0.25, 0.3) is 0 Å². The number of anilines is 1. The summed E-state index contributed by atoms with van der Waals surface area (Å²) in [5, 5.41) is 3.35. The van der Waals surface area contributed by atoms with E-state index in [0.29, 0.717) is 0 Å². The van der Waals surface area contributed by atoms with Crippen molar-refractivity contribution in [1.29, 1.82) is 0 Å². The summed E-state index contributed by atoms with van der Waals surface area (Å²) in [5.74, 6) is 0. The van der Waals surface area contributed by atoms with Gasteiger partial charge in [0.15, 0.2) is 0 Å². The second-order valence-electron chi connectivity index (χ2n) is 4.39. The predicted octanol–water partition coefficient (Wildman–Crippen LogP) is 3.71. The van der Waals surface area contributed by atoms with Gasteiger partial charge in [-0.05, 0) is 39.3 Å². The van der Waals surface area contributed by atoms with Gasteiger partial charge in [-0.2, -0.15) is 0 Å². The van der Waals surface area contributed by atoms with E-state index in [9.17, 15) is 0 Å². The third-order valence-corrected chi connectivity index (χ3v) is 3.00. The molecule has 0 unspecified atom stereocenters. The number of nitrogens with zero attached hydrogens (tertiary/aromatic N) is 1. The molecule has 0 fully saturated rings. The van der Waals surface area contributed by atoms with Crippen molar-refractivity contribution in [3.63, 3.8) is 0 Å². The second kappa shape index (κ2) is 4.56. The third kappa shape index (κ3) is 2.25. The van der Waals surface area contributed by atoms with E-state index in [-0.39, 0.29) is 5.54 Å². The van der Waals surface area contributed by atoms with Gasteiger partial charge in [-0.1, -0.05) is 13.5 Å². The Kier molecular flexibility index (Phi) is 3.61. The lowest BCUT2D eigenvalue weighted by Gasteiger charge is -2.27. The van der Waals surface area contributed by atoms with Gasteiger partial charge in [0.05, 0.1) is 11.4 Å². The summed E-state index contributed by atoms with van der Waals surface area (Å²) in [6.45, 7) is 13.6. The molecule has 0 aliphatic heterocycles. The van der Waals surface area contributed by atoms with Gasteiger partial charge in [-0.3, -0.25) is 0 Å². The maximum Gasteiger partial charge on any atom is 0.0641 e. The Bertz CT molecular complexity index is 334. The monoisotopic (exact) mass is 206 g/mol. The highest BCUT2D eigenvalue weighted by molar-refractivity contribution is 5.63. The standard InChI is InChI=1S/C13H22N2/c1-6-12-11(14-8-3)9-10-15(12)13(4,5)7-2/h6,9-10,14H,1,7-8H2,2-5H3. The van der Waals surface area contributed by atoms with Crippen LogP contribution >= 0.6 is 0 Å². The van der Waals surface area contributed by atoms with Crippen LogP contribution in [0.1, 0.15) is 39.8 Å². The van der Waals surface area contributed by atoms with Crippen LogP contribution in [0.2, 0.25) is 0 Å². The van der Waals surface area contributed by atoms with Crippen molar-refractivity contribution in [3.8, 4) is 0 Å². The minimum atomic E-state index is 0.150. The molecule has 0 amide bonds. The van der Waals surface area contributed by atoms with E-state index in [1.54, 1.807) is 0 Å². The van der Waals surface area contributed by atoms with Crippen LogP contribution in [0.15, 0.2) is 18.8 Å². The van der Waals surface area contributed by atoms with Gasteiger partial charge in [0, 0.05) is 18.3 Å². The molecule has 84 valence electrons. The lowest BCUT2D eigenvalue weighted by Crippen LogP contribution is -2.25. The van der Waals surface area contributed by atoms with E-state index in [4.69, 9.17) is 0 Å². The highest BCUT2D eigenvalue weighted by Gasteiger charge is 2.20. The summed E-state index contributed by atoms with van der Waals surface area (Å²) in [6.07, 6.45) is 5.17. The van der Waals surface area contributed by atoms with Crippen molar-refractivity contribution in [1.82, 2.24) is 4.57 Å². The van der Waals surface area contributed by atoms with Crippen LogP contribution in [0.4, 0.5) is 5.69 Å². The lowest BCUT2D eigenvalue weighted by atomic mass is 10.0. The largest absolute Gasteiger partial charge is 0.384 e. The fourth-order valence-corrected chi connectivity index (χ4v) is 1.69. The summed E-state index contributed by atoms with van der Waals surface area (Å²) in [6, 6.07) is 2.12. The quantitative estimate of drug-likeness (QED) is 0.777. The molecule has 0 saturated carbocycles. The fraction of sp³-hybridized carbons (Fsp3) is 0.538. The van der Waals surface area contributed by atoms with Crippen LogP contribution in [0.3, 0.4) is 0 Å². The lowest BCUT2D eigenvalue weighted by molar-refractivity contribution is 0.342. The number of aromatic nitrogens is 1. The summed E-state index contributed by atoms with van der Waals surface area (Å²) in [5.41, 5.74) is 2.51. The van der Waals surface area contributed by atoms with Crippen LogP contribution in [-0.4, -0.2) is 11.1 Å². The van der Waals surface area contributed by atoms with E-state index in [1.165, 1.54) is 11.4 Å². The topological polar surface area (TPSA) is 17.0 Å². The molecule has 0 bridgehead atoms. The van der Waals surface area contributed by atoms with E-state index in [2.05, 4.69) is 56.4 Å². The third-order valence-electron chi connectivity index (χ3n) is 3.00. The Labute approximate surface area is 93.0 Å². The van der Waals surface area contributed by atoms with Crippen LogP contribution in [0.5, 0.6) is 0 Å². The van der Waals surface area contributed by atoms with Crippen LogP contribution in [0.25, 0.3) is 6.08 Å². The first-order chi connectivity index (χ1) is 7.06. The molecule has 1 aromatic rings. The van der Waals surface area contributed by atoms with Gasteiger partial charge in [-0.25, -0.2) is 0 Å². The number of nitrogens with one attached hydrogen (secondary N) is 1. The number of hydrogen-bond acceptors (Lipinski definition) is 1. The van der Waals surface area contributed by atoms with Crippen molar-refractivity contribution in [3.05, 3.63) is 24.5 Å². The highest BCUT2D eigenvalue weighted by atomic mass is 15.1. The molecule has 1 heterocycles. The first-order valence-electron chi connectivity index (χ1n) is 5.65. The summed E-state index contributed by atoms with van der Waals surface area (Å²) in [7, 11) is 0. The van der Waals surface area contributed by atoms with Crippen molar-refractivity contribution < 1.29 is 0 Å². The Hall–Kier alpha value is -1.18. The van der Waals surface area contributed by atoms with Gasteiger partial charge < -0.3 is 9.88 Å². The molecule has 0 radical (unpaired) electrons. The van der Waals surface area contributed by atoms with Crippen molar-refractivity contribution >= 4 is 11.8 Å². The maximum absolute atomic E-state index is 3.89. The van der Waals surface area contributed by atoms with Gasteiger partial charge >= 0.3 is 0 Å². The maximum atomic E-state index is 3.89. The van der Waals surface area contributed by atoms with E-state index < -0.39 is 0 Å². The first-order valence-corrected chi connectivity index (χ1v) is 5.65. The minimum absolute atomic E-state index is 0.150. The molecule has 1 N–H and O–H groups in total. The van der Waals surface area contributed by atoms with E-state index >= 15 is 0 Å². The number of rotatable bonds is 5. The zero-order chi connectivity index (χ0) is 11.5. The molecular weight excluding hydrogens is 184 g/mol. The molecule has 0 spiro atoms. The van der Waals surface area contributed by atoms with Crippen LogP contribution in [0, 0.1) is 0 Å². The average molecular weight is 206 g/mol. The average Bonchev–Trinajstić information content (AvgIpc) is 2.62. The fourth-order valence-electron chi connectivity index (χ4n) is 1.69. The van der Waals surface area contributed by atoms with Crippen LogP contribution in [-0.2, 0) is 5.54 Å². The minimum Gasteiger partial charge on any atom is -0.384 e. The smallest absolute Gasteiger partial charge is 0.0641 e. The van der Waals surface area contributed by atoms with Crippen molar-refractivity contribution in [2.24, 2.45) is 0 Å². The summed E-state index contributed by atoms with van der Waals surface area (Å²) >= 11 is 0. The summed E-state index contributed by atoms with van der Waals surface area (Å²) < 4.78 is 2.29. The molecule has 2 nitrogen and oxygen atoms in total. The molecule has 2 heteroatoms. The highest BCUT2D eigenvalue weighted by Crippen LogP contribution is 2.28. The Morgan fingerprint density at radius 1 is 1.47 bits per heavy atom. The molecular formula is C13H22N2. The van der Waals surface area contributed by atoms with E-state index in [1.807, 2.05) is 6.08 Å². The van der Waals surface area contributed by atoms with Crippen molar-refractivity contribution in [2.75, 3.05) is 11.9 Å². The van der Waals surface area contributed by atoms with Gasteiger partial charge in [-0.15, -0.1) is 0 Å². The predicted molar refractivity (Wildman–Crippen MR) is 68.3 cm³/mol. The zero-order valence-electron chi connectivity index (χ0n) is 10.3. The summed E-state index contributed by atoms with van der Waals surface area (Å²) in [4.78, 5) is 0. The second-order valence-corrected chi connectivity index (χ2v) is 4.39. The number of hydrogen-bond donors (Lipinski definition) is 1. The van der Waals surface area contributed by atoms with Gasteiger partial charge in [0.2, 0.25) is 0 Å². The first kappa shape index (κ1) is 11.9.